The molecule has 4 rings (SSSR count). The van der Waals surface area contributed by atoms with E-state index in [0.29, 0.717) is 39.4 Å². The predicted molar refractivity (Wildman–Crippen MR) is 82.6 cm³/mol. The van der Waals surface area contributed by atoms with Gasteiger partial charge in [0, 0.05) is 55.1 Å². The molecule has 1 atom stereocenters. The van der Waals surface area contributed by atoms with E-state index in [1.54, 1.807) is 0 Å². The number of benzene rings is 1. The Morgan fingerprint density at radius 2 is 1.76 bits per heavy atom. The number of rotatable bonds is 3. The summed E-state index contributed by atoms with van der Waals surface area (Å²) in [5, 5.41) is 3.32. The minimum absolute atomic E-state index is 0.259. The quantitative estimate of drug-likeness (QED) is 0.663. The van der Waals surface area contributed by atoms with Crippen LogP contribution in [0.5, 0.6) is 0 Å². The molecule has 1 aromatic carbocycles. The number of hydrogen-bond donors (Lipinski definition) is 1. The first-order valence-corrected chi connectivity index (χ1v) is 8.38. The van der Waals surface area contributed by atoms with Crippen molar-refractivity contribution in [1.29, 1.82) is 0 Å². The van der Waals surface area contributed by atoms with Gasteiger partial charge in [-0.15, -0.1) is 0 Å². The lowest BCUT2D eigenvalue weighted by Crippen LogP contribution is -2.39. The largest absolute Gasteiger partial charge is 0.379 e. The van der Waals surface area contributed by atoms with Gasteiger partial charge in [0.2, 0.25) is 0 Å². The highest BCUT2D eigenvalue weighted by molar-refractivity contribution is 5.33. The predicted octanol–water partition coefficient (Wildman–Crippen LogP) is 2.14. The monoisotopic (exact) mass is 357 g/mol. The number of nitrogens with zero attached hydrogens (tertiary/aromatic N) is 2. The van der Waals surface area contributed by atoms with E-state index in [-0.39, 0.29) is 6.07 Å². The topological polar surface area (TPSA) is 27.7 Å². The van der Waals surface area contributed by atoms with Gasteiger partial charge in [-0.05, 0) is 6.42 Å². The second-order valence-electron chi connectivity index (χ2n) is 6.65. The molecule has 136 valence electrons. The molecular weight excluding hydrogens is 338 g/mol. The van der Waals surface area contributed by atoms with Crippen LogP contribution in [0.3, 0.4) is 0 Å². The molecule has 3 aliphatic rings. The van der Waals surface area contributed by atoms with E-state index < -0.39 is 34.8 Å². The molecule has 0 radical (unpaired) electrons. The Bertz CT molecular complexity index is 692. The molecule has 3 heterocycles. The van der Waals surface area contributed by atoms with E-state index >= 15 is 0 Å². The Labute approximate surface area is 143 Å². The second-order valence-corrected chi connectivity index (χ2v) is 6.65. The van der Waals surface area contributed by atoms with Gasteiger partial charge in [0.15, 0.2) is 23.3 Å². The number of nitrogens with one attached hydrogen (secondary N) is 1. The SMILES string of the molecule is Fc1cc(F)c(F)c([C@H]2CC3=C(CN4CCOCC4)NCN3C2)c1F. The Balaban J connectivity index is 1.58. The van der Waals surface area contributed by atoms with Gasteiger partial charge in [0.1, 0.15) is 0 Å². The molecule has 0 amide bonds. The van der Waals surface area contributed by atoms with E-state index in [9.17, 15) is 17.6 Å². The van der Waals surface area contributed by atoms with Gasteiger partial charge < -0.3 is 15.0 Å². The van der Waals surface area contributed by atoms with Crippen LogP contribution in [0.1, 0.15) is 17.9 Å². The van der Waals surface area contributed by atoms with Crippen molar-refractivity contribution < 1.29 is 22.3 Å². The molecule has 4 nitrogen and oxygen atoms in total. The molecule has 3 aliphatic heterocycles. The maximum absolute atomic E-state index is 14.1. The Kier molecular flexibility index (Phi) is 4.33. The number of allylic oxidation sites excluding steroid dienone is 1. The lowest BCUT2D eigenvalue weighted by Gasteiger charge is -2.27. The highest BCUT2D eigenvalue weighted by Gasteiger charge is 2.37. The van der Waals surface area contributed by atoms with Crippen LogP contribution >= 0.6 is 0 Å². The van der Waals surface area contributed by atoms with E-state index in [0.717, 1.165) is 24.5 Å². The molecule has 0 spiro atoms. The summed E-state index contributed by atoms with van der Waals surface area (Å²) in [7, 11) is 0. The van der Waals surface area contributed by atoms with Crippen LogP contribution in [-0.4, -0.2) is 55.9 Å². The number of ether oxygens (including phenoxy) is 1. The number of halogens is 4. The van der Waals surface area contributed by atoms with Crippen molar-refractivity contribution in [3.8, 4) is 0 Å². The van der Waals surface area contributed by atoms with Gasteiger partial charge in [-0.25, -0.2) is 17.6 Å². The summed E-state index contributed by atoms with van der Waals surface area (Å²) in [6, 6.07) is 0.259. The molecule has 2 saturated heterocycles. The summed E-state index contributed by atoms with van der Waals surface area (Å²) in [6.07, 6.45) is 0.364. The molecule has 1 N–H and O–H groups in total. The van der Waals surface area contributed by atoms with Gasteiger partial charge in [-0.3, -0.25) is 4.90 Å². The molecule has 25 heavy (non-hydrogen) atoms. The normalized spacial score (nSPS) is 24.0. The molecule has 1 aromatic rings. The Morgan fingerprint density at radius 3 is 2.44 bits per heavy atom. The average molecular weight is 357 g/mol. The minimum atomic E-state index is -1.35. The van der Waals surface area contributed by atoms with Gasteiger partial charge in [0.25, 0.3) is 0 Å². The fraction of sp³-hybridized carbons (Fsp3) is 0.529. The van der Waals surface area contributed by atoms with Crippen molar-refractivity contribution >= 4 is 0 Å². The van der Waals surface area contributed by atoms with E-state index in [4.69, 9.17) is 4.74 Å². The zero-order valence-corrected chi connectivity index (χ0v) is 13.6. The van der Waals surface area contributed by atoms with Gasteiger partial charge >= 0.3 is 0 Å². The van der Waals surface area contributed by atoms with E-state index in [1.807, 2.05) is 4.90 Å². The molecule has 0 saturated carbocycles. The number of morpholine rings is 1. The third kappa shape index (κ3) is 2.97. The smallest absolute Gasteiger partial charge is 0.165 e. The Morgan fingerprint density at radius 1 is 1.08 bits per heavy atom. The summed E-state index contributed by atoms with van der Waals surface area (Å²) in [6.45, 7) is 4.64. The van der Waals surface area contributed by atoms with Crippen molar-refractivity contribution in [2.45, 2.75) is 12.3 Å². The van der Waals surface area contributed by atoms with Crippen LogP contribution in [0, 0.1) is 23.3 Å². The van der Waals surface area contributed by atoms with E-state index in [1.165, 1.54) is 0 Å². The number of fused-ring (bicyclic) bond motifs is 1. The number of hydrogen-bond acceptors (Lipinski definition) is 4. The van der Waals surface area contributed by atoms with Gasteiger partial charge in [0.05, 0.1) is 19.9 Å². The fourth-order valence-electron chi connectivity index (χ4n) is 3.84. The van der Waals surface area contributed by atoms with Crippen molar-refractivity contribution in [3.63, 3.8) is 0 Å². The second kappa shape index (κ2) is 6.49. The zero-order valence-electron chi connectivity index (χ0n) is 13.6. The third-order valence-corrected chi connectivity index (χ3v) is 5.13. The molecule has 0 unspecified atom stereocenters. The van der Waals surface area contributed by atoms with Crippen molar-refractivity contribution in [2.75, 3.05) is 46.1 Å². The lowest BCUT2D eigenvalue weighted by molar-refractivity contribution is 0.0417. The standard InChI is InChI=1S/C17H19F4N3O/c18-11-6-12(19)17(21)15(16(11)20)10-5-14-13(22-9-24(14)7-10)8-23-1-3-25-4-2-23/h6,10,22H,1-5,7-9H2/t10-/m0/s1. The highest BCUT2D eigenvalue weighted by Crippen LogP contribution is 2.40. The van der Waals surface area contributed by atoms with Crippen molar-refractivity contribution in [3.05, 3.63) is 46.3 Å². The summed E-state index contributed by atoms with van der Waals surface area (Å²) < 4.78 is 60.5. The summed E-state index contributed by atoms with van der Waals surface area (Å²) in [4.78, 5) is 4.24. The van der Waals surface area contributed by atoms with Crippen LogP contribution in [0.4, 0.5) is 17.6 Å². The fourth-order valence-corrected chi connectivity index (χ4v) is 3.84. The highest BCUT2D eigenvalue weighted by atomic mass is 19.2. The van der Waals surface area contributed by atoms with Crippen LogP contribution in [-0.2, 0) is 4.74 Å². The van der Waals surface area contributed by atoms with Crippen molar-refractivity contribution in [1.82, 2.24) is 15.1 Å². The molecule has 0 aromatic heterocycles. The van der Waals surface area contributed by atoms with Crippen LogP contribution in [0.15, 0.2) is 17.5 Å². The average Bonchev–Trinajstić information content (AvgIpc) is 3.16. The summed E-state index contributed by atoms with van der Waals surface area (Å²) in [5.41, 5.74) is 1.51. The molecule has 2 fully saturated rings. The van der Waals surface area contributed by atoms with Gasteiger partial charge in [-0.1, -0.05) is 0 Å². The van der Waals surface area contributed by atoms with Crippen LogP contribution in [0.2, 0.25) is 0 Å². The summed E-state index contributed by atoms with van der Waals surface area (Å²) >= 11 is 0. The van der Waals surface area contributed by atoms with Crippen molar-refractivity contribution in [2.24, 2.45) is 0 Å². The maximum atomic E-state index is 14.1. The molecule has 8 heteroatoms. The summed E-state index contributed by atoms with van der Waals surface area (Å²) in [5.74, 6) is -5.85. The van der Waals surface area contributed by atoms with Crippen LogP contribution < -0.4 is 5.32 Å². The van der Waals surface area contributed by atoms with E-state index in [2.05, 4.69) is 10.2 Å². The van der Waals surface area contributed by atoms with Gasteiger partial charge in [-0.2, -0.15) is 0 Å². The maximum Gasteiger partial charge on any atom is 0.165 e. The third-order valence-electron chi connectivity index (χ3n) is 5.13. The zero-order chi connectivity index (χ0) is 17.6. The first-order valence-electron chi connectivity index (χ1n) is 8.38. The first kappa shape index (κ1) is 16.7. The first-order chi connectivity index (χ1) is 12.0. The minimum Gasteiger partial charge on any atom is -0.379 e. The Hall–Kier alpha value is -1.80. The molecule has 0 aliphatic carbocycles. The molecule has 0 bridgehead atoms. The molecular formula is C17H19F4N3O. The van der Waals surface area contributed by atoms with Crippen LogP contribution in [0.25, 0.3) is 0 Å². The lowest BCUT2D eigenvalue weighted by atomic mass is 9.95.